The van der Waals surface area contributed by atoms with Gasteiger partial charge in [0.25, 0.3) is 0 Å². The number of benzene rings is 1. The Labute approximate surface area is 82.1 Å². The second kappa shape index (κ2) is 7.85. The lowest BCUT2D eigenvalue weighted by molar-refractivity contribution is 0.824. The van der Waals surface area contributed by atoms with Crippen LogP contribution in [0.3, 0.4) is 0 Å². The molecule has 0 atom stereocenters. The molecule has 0 aliphatic heterocycles. The molecule has 0 saturated heterocycles. The van der Waals surface area contributed by atoms with E-state index in [1.807, 2.05) is 36.4 Å². The quantitative estimate of drug-likeness (QED) is 0.584. The van der Waals surface area contributed by atoms with Gasteiger partial charge in [-0.3, -0.25) is 0 Å². The summed E-state index contributed by atoms with van der Waals surface area (Å²) in [7, 11) is 0. The molecule has 0 saturated carbocycles. The summed E-state index contributed by atoms with van der Waals surface area (Å²) in [6.07, 6.45) is 1.85. The van der Waals surface area contributed by atoms with Crippen LogP contribution < -0.4 is 0 Å². The fraction of sp³-hybridized carbons (Fsp3) is 0. The Morgan fingerprint density at radius 2 is 1.64 bits per heavy atom. The van der Waals surface area contributed by atoms with E-state index in [9.17, 15) is 0 Å². The summed E-state index contributed by atoms with van der Waals surface area (Å²) >= 11 is 5.36. The first-order valence-corrected chi connectivity index (χ1v) is 3.19. The van der Waals surface area contributed by atoms with Gasteiger partial charge >= 0.3 is 0 Å². The molecule has 0 amide bonds. The van der Waals surface area contributed by atoms with Crippen LogP contribution in [0.2, 0.25) is 0 Å². The van der Waals surface area contributed by atoms with E-state index < -0.39 is 0 Å². The zero-order valence-corrected chi connectivity index (χ0v) is 6.18. The highest BCUT2D eigenvalue weighted by atomic mass is 35.5. The molecule has 0 aliphatic rings. The molecule has 60 valence electrons. The molecule has 1 aromatic carbocycles. The van der Waals surface area contributed by atoms with Gasteiger partial charge in [0.15, 0.2) is 17.4 Å². The highest BCUT2D eigenvalue weighted by Crippen LogP contribution is 2.00. The van der Waals surface area contributed by atoms with E-state index in [-0.39, 0.29) is 22.8 Å². The third kappa shape index (κ3) is 5.06. The van der Waals surface area contributed by atoms with E-state index in [0.717, 1.165) is 5.56 Å². The van der Waals surface area contributed by atoms with E-state index in [1.54, 1.807) is 0 Å². The predicted octanol–water partition coefficient (Wildman–Crippen LogP) is 0.887. The SMILES string of the molecule is ClC=Cc1ccccc1.O.[AlH3]. The van der Waals surface area contributed by atoms with Crippen molar-refractivity contribution in [1.29, 1.82) is 0 Å². The van der Waals surface area contributed by atoms with E-state index in [2.05, 4.69) is 0 Å². The maximum Gasteiger partial charge on any atom is 0.187 e. The van der Waals surface area contributed by atoms with Crippen LogP contribution in [-0.2, 0) is 0 Å². The Hall–Kier alpha value is -0.258. The summed E-state index contributed by atoms with van der Waals surface area (Å²) in [5.41, 5.74) is 2.64. The van der Waals surface area contributed by atoms with Crippen molar-refractivity contribution in [3.05, 3.63) is 41.4 Å². The van der Waals surface area contributed by atoms with Crippen LogP contribution in [0, 0.1) is 0 Å². The molecule has 0 spiro atoms. The van der Waals surface area contributed by atoms with Gasteiger partial charge in [0.2, 0.25) is 0 Å². The standard InChI is InChI=1S/C8H7Cl.Al.H2O.3H/c9-7-6-8-4-2-1-3-5-8;;;;;/h1-7H;;1H2;;;. The topological polar surface area (TPSA) is 31.5 Å². The predicted molar refractivity (Wildman–Crippen MR) is 54.9 cm³/mol. The number of rotatable bonds is 1. The monoisotopic (exact) mass is 186 g/mol. The van der Waals surface area contributed by atoms with Crippen LogP contribution in [0.15, 0.2) is 35.9 Å². The van der Waals surface area contributed by atoms with Crippen molar-refractivity contribution < 1.29 is 5.48 Å². The van der Waals surface area contributed by atoms with E-state index >= 15 is 0 Å². The second-order valence-electron chi connectivity index (χ2n) is 1.70. The fourth-order valence-electron chi connectivity index (χ4n) is 0.637. The van der Waals surface area contributed by atoms with Crippen LogP contribution in [0.25, 0.3) is 6.08 Å². The molecule has 1 aromatic rings. The van der Waals surface area contributed by atoms with Gasteiger partial charge in [-0.05, 0) is 11.6 Å². The molecular formula is C8H12AlClO. The minimum atomic E-state index is 0. The third-order valence-corrected chi connectivity index (χ3v) is 1.18. The van der Waals surface area contributed by atoms with Crippen LogP contribution in [0.5, 0.6) is 0 Å². The first-order valence-electron chi connectivity index (χ1n) is 2.75. The third-order valence-electron chi connectivity index (χ3n) is 1.06. The van der Waals surface area contributed by atoms with Crippen molar-refractivity contribution in [3.8, 4) is 0 Å². The minimum Gasteiger partial charge on any atom is -0.412 e. The number of hydrogen-bond acceptors (Lipinski definition) is 0. The molecule has 2 N–H and O–H groups in total. The molecule has 0 heterocycles. The summed E-state index contributed by atoms with van der Waals surface area (Å²) in [4.78, 5) is 0. The molecule has 1 rings (SSSR count). The summed E-state index contributed by atoms with van der Waals surface area (Å²) in [6, 6.07) is 9.93. The summed E-state index contributed by atoms with van der Waals surface area (Å²) < 4.78 is 0. The molecule has 11 heavy (non-hydrogen) atoms. The molecule has 0 aliphatic carbocycles. The van der Waals surface area contributed by atoms with Crippen LogP contribution in [-0.4, -0.2) is 22.8 Å². The number of hydrogen-bond donors (Lipinski definition) is 0. The van der Waals surface area contributed by atoms with Gasteiger partial charge in [-0.25, -0.2) is 0 Å². The Kier molecular flexibility index (Phi) is 9.51. The Morgan fingerprint density at radius 3 is 2.09 bits per heavy atom. The van der Waals surface area contributed by atoms with Gasteiger partial charge in [0.05, 0.1) is 0 Å². The maximum atomic E-state index is 5.36. The van der Waals surface area contributed by atoms with Crippen molar-refractivity contribution in [1.82, 2.24) is 0 Å². The van der Waals surface area contributed by atoms with Crippen LogP contribution >= 0.6 is 11.6 Å². The van der Waals surface area contributed by atoms with Gasteiger partial charge < -0.3 is 5.48 Å². The molecule has 0 fully saturated rings. The summed E-state index contributed by atoms with van der Waals surface area (Å²) in [5.74, 6) is 0. The molecule has 3 heteroatoms. The van der Waals surface area contributed by atoms with E-state index in [0.29, 0.717) is 0 Å². The molecular weight excluding hydrogens is 175 g/mol. The lowest BCUT2D eigenvalue weighted by Gasteiger charge is -1.86. The highest BCUT2D eigenvalue weighted by Gasteiger charge is 1.78. The molecule has 0 unspecified atom stereocenters. The molecule has 0 aromatic heterocycles. The molecule has 0 bridgehead atoms. The Morgan fingerprint density at radius 1 is 1.09 bits per heavy atom. The number of halogens is 1. The highest BCUT2D eigenvalue weighted by molar-refractivity contribution is 6.27. The van der Waals surface area contributed by atoms with Gasteiger partial charge in [0, 0.05) is 5.54 Å². The smallest absolute Gasteiger partial charge is 0.187 e. The van der Waals surface area contributed by atoms with Gasteiger partial charge in [0.1, 0.15) is 0 Å². The Balaban J connectivity index is 0. The fourth-order valence-corrected chi connectivity index (χ4v) is 0.782. The largest absolute Gasteiger partial charge is 0.412 e. The maximum absolute atomic E-state index is 5.36. The summed E-state index contributed by atoms with van der Waals surface area (Å²) in [6.45, 7) is 0. The normalized spacial score (nSPS) is 8.45. The van der Waals surface area contributed by atoms with Crippen molar-refractivity contribution in [2.24, 2.45) is 0 Å². The van der Waals surface area contributed by atoms with Gasteiger partial charge in [-0.1, -0.05) is 41.9 Å². The van der Waals surface area contributed by atoms with Crippen LogP contribution in [0.1, 0.15) is 5.56 Å². The average Bonchev–Trinajstić information content (AvgIpc) is 1.91. The molecule has 1 nitrogen and oxygen atoms in total. The van der Waals surface area contributed by atoms with E-state index in [4.69, 9.17) is 11.6 Å². The van der Waals surface area contributed by atoms with E-state index in [1.165, 1.54) is 5.54 Å². The lowest BCUT2D eigenvalue weighted by atomic mass is 10.2. The average molecular weight is 187 g/mol. The molecule has 0 radical (unpaired) electrons. The first kappa shape index (κ1) is 13.3. The van der Waals surface area contributed by atoms with Crippen molar-refractivity contribution >= 4 is 35.0 Å². The minimum absolute atomic E-state index is 0. The van der Waals surface area contributed by atoms with Gasteiger partial charge in [-0.2, -0.15) is 0 Å². The van der Waals surface area contributed by atoms with Crippen molar-refractivity contribution in [2.75, 3.05) is 0 Å². The Bertz CT molecular complexity index is 199. The summed E-state index contributed by atoms with van der Waals surface area (Å²) in [5, 5.41) is 0. The first-order chi connectivity index (χ1) is 4.43. The van der Waals surface area contributed by atoms with Gasteiger partial charge in [-0.15, -0.1) is 0 Å². The van der Waals surface area contributed by atoms with Crippen molar-refractivity contribution in [2.45, 2.75) is 0 Å². The zero-order valence-electron chi connectivity index (χ0n) is 5.42. The zero-order chi connectivity index (χ0) is 6.53. The lowest BCUT2D eigenvalue weighted by Crippen LogP contribution is -1.64. The van der Waals surface area contributed by atoms with Crippen LogP contribution in [0.4, 0.5) is 0 Å². The van der Waals surface area contributed by atoms with Crippen molar-refractivity contribution in [3.63, 3.8) is 0 Å². The second-order valence-corrected chi connectivity index (χ2v) is 1.96.